The zero-order chi connectivity index (χ0) is 68.8. The van der Waals surface area contributed by atoms with E-state index in [9.17, 15) is 42.7 Å². The predicted molar refractivity (Wildman–Crippen MR) is 327 cm³/mol. The molecule has 2 heterocycles. The van der Waals surface area contributed by atoms with E-state index in [1.54, 1.807) is 55.6 Å². The Kier molecular flexibility index (Phi) is 45.7. The summed E-state index contributed by atoms with van der Waals surface area (Å²) in [7, 11) is 1.57. The van der Waals surface area contributed by atoms with Crippen molar-refractivity contribution in [2.75, 3.05) is 60.0 Å². The van der Waals surface area contributed by atoms with Gasteiger partial charge in [0.05, 0.1) is 70.9 Å². The third-order valence-corrected chi connectivity index (χ3v) is 9.14. The number of alkyl halides is 1. The maximum atomic E-state index is 11.5. The normalized spacial score (nSPS) is 12.2. The number of hydrogen-bond acceptors (Lipinski definition) is 20. The highest BCUT2D eigenvalue weighted by Crippen LogP contribution is 2.33. The minimum Gasteiger partial charge on any atom is -0.466 e. The summed E-state index contributed by atoms with van der Waals surface area (Å²) in [6.07, 6.45) is 1.78. The average Bonchev–Trinajstić information content (AvgIpc) is 3.83. The van der Waals surface area contributed by atoms with Crippen LogP contribution < -0.4 is 5.82 Å². The Labute approximate surface area is 511 Å². The van der Waals surface area contributed by atoms with Crippen LogP contribution in [-0.2, 0) is 87.5 Å². The second kappa shape index (κ2) is 43.0. The van der Waals surface area contributed by atoms with Gasteiger partial charge in [-0.05, 0) is 198 Å². The Bertz CT molecular complexity index is 2080. The first-order chi connectivity index (χ1) is 38.1. The second-order valence-corrected chi connectivity index (χ2v) is 27.3. The number of carbonyl (C=O) groups excluding carboxylic acids is 7. The molecule has 0 aromatic carbocycles. The van der Waals surface area contributed by atoms with Crippen LogP contribution in [0.25, 0.3) is 0 Å². The minimum atomic E-state index is -0.783. The van der Waals surface area contributed by atoms with E-state index in [0.717, 1.165) is 24.4 Å². The van der Waals surface area contributed by atoms with Gasteiger partial charge in [-0.1, -0.05) is 27.7 Å². The van der Waals surface area contributed by atoms with Crippen molar-refractivity contribution in [1.29, 1.82) is 0 Å². The van der Waals surface area contributed by atoms with Crippen molar-refractivity contribution in [2.45, 2.75) is 227 Å². The summed E-state index contributed by atoms with van der Waals surface area (Å²) in [5.41, 5.74) is -2.68. The quantitative estimate of drug-likeness (QED) is 0.101. The summed E-state index contributed by atoms with van der Waals surface area (Å²) >= 11 is 0. The van der Waals surface area contributed by atoms with Gasteiger partial charge in [-0.25, -0.2) is 9.18 Å². The molecule has 1 aliphatic heterocycles. The van der Waals surface area contributed by atoms with Crippen LogP contribution in [0.4, 0.5) is 4.39 Å². The minimum absolute atomic E-state index is 0.0757. The zero-order valence-electron chi connectivity index (χ0n) is 58.5. The van der Waals surface area contributed by atoms with E-state index in [-0.39, 0.29) is 87.8 Å². The highest BCUT2D eigenvalue weighted by Gasteiger charge is 2.28. The van der Waals surface area contributed by atoms with Gasteiger partial charge in [-0.15, -0.1) is 0 Å². The van der Waals surface area contributed by atoms with Gasteiger partial charge in [0.1, 0.15) is 31.4 Å². The number of esters is 7. The number of halogens is 1. The molecule has 0 aliphatic carbocycles. The number of hydrogen-bond donors (Lipinski definition) is 0. The molecule has 0 saturated heterocycles. The average molecular weight is 1230 g/mol. The molecular formula is C64H117FO20. The van der Waals surface area contributed by atoms with Crippen molar-refractivity contribution in [3.8, 4) is 0 Å². The van der Waals surface area contributed by atoms with Crippen LogP contribution in [0.15, 0.2) is 37.7 Å². The number of ether oxygens (including phenoxy) is 10. The first kappa shape index (κ1) is 90.5. The number of carbonyl (C=O) groups is 7. The van der Waals surface area contributed by atoms with E-state index in [1.807, 2.05) is 138 Å². The van der Waals surface area contributed by atoms with E-state index >= 15 is 0 Å². The Morgan fingerprint density at radius 3 is 0.965 bits per heavy atom. The summed E-state index contributed by atoms with van der Waals surface area (Å²) in [5.74, 6) is 0.530. The molecule has 0 atom stereocenters. The van der Waals surface area contributed by atoms with Gasteiger partial charge in [-0.2, -0.15) is 0 Å². The lowest BCUT2D eigenvalue weighted by molar-refractivity contribution is -0.155. The summed E-state index contributed by atoms with van der Waals surface area (Å²) in [4.78, 5) is 87.5. The first-order valence-corrected chi connectivity index (χ1v) is 28.7. The number of aryl methyl sites for hydroxylation is 1. The Morgan fingerprint density at radius 1 is 0.435 bits per heavy atom. The lowest BCUT2D eigenvalue weighted by Crippen LogP contribution is -2.24. The van der Waals surface area contributed by atoms with Crippen LogP contribution in [0.1, 0.15) is 225 Å². The topological polar surface area (TPSA) is 255 Å². The smallest absolute Gasteiger partial charge is 0.466 e. The molecule has 1 aromatic heterocycles. The van der Waals surface area contributed by atoms with Crippen molar-refractivity contribution < 1.29 is 94.2 Å². The molecule has 0 spiro atoms. The molecule has 21 heteroatoms. The van der Waals surface area contributed by atoms with Crippen molar-refractivity contribution in [1.82, 2.24) is 0 Å². The number of allylic oxidation sites excluding steroid dienone is 2. The molecule has 0 fully saturated rings. The van der Waals surface area contributed by atoms with Crippen LogP contribution in [0.5, 0.6) is 0 Å². The molecule has 85 heavy (non-hydrogen) atoms. The highest BCUT2D eigenvalue weighted by atomic mass is 19.1. The van der Waals surface area contributed by atoms with Crippen LogP contribution in [-0.4, -0.2) is 102 Å². The Hall–Kier alpha value is -5.73. The fourth-order valence-electron chi connectivity index (χ4n) is 4.19. The molecule has 0 amide bonds. The molecule has 1 aromatic rings. The highest BCUT2D eigenvalue weighted by molar-refractivity contribution is 5.77. The first-order valence-electron chi connectivity index (χ1n) is 28.7. The molecule has 0 N–H and O–H groups in total. The molecule has 0 bridgehead atoms. The maximum absolute atomic E-state index is 11.5. The molecule has 0 saturated carbocycles. The third kappa shape index (κ3) is 53.5. The standard InChI is InChI=1S/C10H14O5.C10H16O2.C8H16O3.C8H16O2.C7H13FO2.3C7H14O2/c1-6-7(15-9(12)14-6)5-13-8(11)10(2,3)4;1-7-9(6-10(3,4)5)12-8(2)11-7;1-8(2,3)7(9)11-6-5-10-4;1-5-6-10-7(9)8(2,3)4;1-7(2,3)6(9)10-5-4-8;3*1-5-9-6(8)7(2,3)4/h5H2,1-4H3;2,6H2,1,3-5H3;5-6H2,1-4H3;5-6H2,1-4H3;4-5H2,1-3H3;3*5H2,1-4H3. The largest absolute Gasteiger partial charge is 0.519 e. The van der Waals surface area contributed by atoms with Gasteiger partial charge in [-0.3, -0.25) is 33.6 Å². The van der Waals surface area contributed by atoms with Gasteiger partial charge in [0, 0.05) is 13.5 Å². The van der Waals surface area contributed by atoms with E-state index in [2.05, 4.69) is 40.9 Å². The summed E-state index contributed by atoms with van der Waals surface area (Å²) in [5, 5.41) is 0. The molecule has 0 unspecified atom stereocenters. The summed E-state index contributed by atoms with van der Waals surface area (Å²) in [6.45, 7) is 60.9. The molecule has 500 valence electrons. The van der Waals surface area contributed by atoms with E-state index in [1.165, 1.54) is 0 Å². The van der Waals surface area contributed by atoms with Crippen LogP contribution >= 0.6 is 0 Å². The van der Waals surface area contributed by atoms with Crippen LogP contribution in [0.3, 0.4) is 0 Å². The van der Waals surface area contributed by atoms with Gasteiger partial charge in [0.2, 0.25) is 0 Å². The van der Waals surface area contributed by atoms with Gasteiger partial charge in [0.15, 0.2) is 18.1 Å². The lowest BCUT2D eigenvalue weighted by atomic mass is 9.91. The Morgan fingerprint density at radius 2 is 0.741 bits per heavy atom. The van der Waals surface area contributed by atoms with E-state index in [4.69, 9.17) is 42.6 Å². The van der Waals surface area contributed by atoms with Crippen LogP contribution in [0, 0.1) is 50.2 Å². The fraction of sp³-hybridized carbons (Fsp3) is 0.781. The predicted octanol–water partition coefficient (Wildman–Crippen LogP) is 14.3. The van der Waals surface area contributed by atoms with Crippen LogP contribution in [0.2, 0.25) is 0 Å². The maximum Gasteiger partial charge on any atom is 0.519 e. The van der Waals surface area contributed by atoms with E-state index < -0.39 is 28.7 Å². The second-order valence-electron chi connectivity index (χ2n) is 27.3. The molecular weight excluding hydrogens is 1110 g/mol. The summed E-state index contributed by atoms with van der Waals surface area (Å²) in [6, 6.07) is 0. The van der Waals surface area contributed by atoms with Crippen molar-refractivity contribution >= 4 is 41.8 Å². The zero-order valence-corrected chi connectivity index (χ0v) is 58.5. The molecule has 2 rings (SSSR count). The van der Waals surface area contributed by atoms with Gasteiger partial charge >= 0.3 is 47.6 Å². The molecule has 0 radical (unpaired) electrons. The van der Waals surface area contributed by atoms with Crippen molar-refractivity contribution in [2.24, 2.45) is 43.3 Å². The molecule has 1 aliphatic rings. The SMILES string of the molecule is C=C1OC(C)=C(CC(C)(C)C)O1.CC(C)(C)C(=O)OCCF.CCCOC(=O)C(C)(C)C.CCOC(=O)C(C)(C)C.CCOC(=O)C(C)(C)C.CCOC(=O)C(C)(C)C.COCCOC(=O)C(C)(C)C.Cc1oc(=O)oc1COC(=O)C(C)(C)C. The van der Waals surface area contributed by atoms with E-state index in [0.29, 0.717) is 51.3 Å². The van der Waals surface area contributed by atoms with Gasteiger partial charge in [0.25, 0.3) is 5.95 Å². The lowest BCUT2D eigenvalue weighted by Gasteiger charge is -2.17. The fourth-order valence-corrected chi connectivity index (χ4v) is 4.19. The Balaban J connectivity index is -0.000000211. The van der Waals surface area contributed by atoms with Crippen molar-refractivity contribution in [3.63, 3.8) is 0 Å². The molecule has 20 nitrogen and oxygen atoms in total. The number of methoxy groups -OCH3 is 1. The third-order valence-electron chi connectivity index (χ3n) is 9.14. The monoisotopic (exact) mass is 1220 g/mol. The van der Waals surface area contributed by atoms with Crippen molar-refractivity contribution in [3.05, 3.63) is 46.2 Å². The van der Waals surface area contributed by atoms with Gasteiger partial charge < -0.3 is 56.2 Å². The number of rotatable bonds is 13. The summed E-state index contributed by atoms with van der Waals surface area (Å²) < 4.78 is 69.6.